The van der Waals surface area contributed by atoms with Gasteiger partial charge in [-0.15, -0.1) is 0 Å². The lowest BCUT2D eigenvalue weighted by molar-refractivity contribution is 0.847. The molecule has 0 radical (unpaired) electrons. The Hall–Kier alpha value is -1.71. The predicted molar refractivity (Wildman–Crippen MR) is 80.3 cm³/mol. The lowest BCUT2D eigenvalue weighted by Gasteiger charge is -2.06. The molecule has 0 amide bonds. The molecular formula is C11H12IN7. The summed E-state index contributed by atoms with van der Waals surface area (Å²) in [6, 6.07) is 0. The van der Waals surface area contributed by atoms with Crippen molar-refractivity contribution in [2.75, 3.05) is 11.9 Å². The third-order valence-corrected chi connectivity index (χ3v) is 3.15. The van der Waals surface area contributed by atoms with Gasteiger partial charge in [0.15, 0.2) is 11.5 Å². The van der Waals surface area contributed by atoms with E-state index >= 15 is 0 Å². The molecule has 0 aliphatic rings. The van der Waals surface area contributed by atoms with Gasteiger partial charge < -0.3 is 5.32 Å². The van der Waals surface area contributed by atoms with Gasteiger partial charge in [0.1, 0.15) is 0 Å². The molecule has 98 valence electrons. The van der Waals surface area contributed by atoms with Gasteiger partial charge in [-0.1, -0.05) is 6.92 Å². The van der Waals surface area contributed by atoms with Crippen LogP contribution in [0.5, 0.6) is 0 Å². The smallest absolute Gasteiger partial charge is 0.226 e. The fraction of sp³-hybridized carbons (Fsp3) is 0.273. The number of nitrogens with zero attached hydrogens (tertiary/aromatic N) is 5. The zero-order chi connectivity index (χ0) is 13.2. The van der Waals surface area contributed by atoms with Crippen LogP contribution in [0.1, 0.15) is 13.3 Å². The molecule has 0 saturated heterocycles. The predicted octanol–water partition coefficient (Wildman–Crippen LogP) is 1.97. The van der Waals surface area contributed by atoms with Crippen LogP contribution in [0.4, 0.5) is 5.95 Å². The zero-order valence-electron chi connectivity index (χ0n) is 10.3. The van der Waals surface area contributed by atoms with Crippen molar-refractivity contribution in [1.29, 1.82) is 0 Å². The van der Waals surface area contributed by atoms with Gasteiger partial charge in [0, 0.05) is 12.7 Å². The minimum Gasteiger partial charge on any atom is -0.354 e. The van der Waals surface area contributed by atoms with E-state index in [1.165, 1.54) is 0 Å². The van der Waals surface area contributed by atoms with Crippen LogP contribution >= 0.6 is 22.6 Å². The first-order valence-electron chi connectivity index (χ1n) is 5.93. The Morgan fingerprint density at radius 3 is 3.00 bits per heavy atom. The monoisotopic (exact) mass is 369 g/mol. The lowest BCUT2D eigenvalue weighted by atomic mass is 10.4. The third kappa shape index (κ3) is 2.39. The molecule has 3 rings (SSSR count). The van der Waals surface area contributed by atoms with Crippen molar-refractivity contribution >= 4 is 39.6 Å². The highest BCUT2D eigenvalue weighted by Gasteiger charge is 2.11. The molecule has 0 aromatic carbocycles. The Bertz CT molecular complexity index is 702. The van der Waals surface area contributed by atoms with Gasteiger partial charge in [0.2, 0.25) is 5.95 Å². The molecule has 3 aromatic rings. The molecule has 0 spiro atoms. The summed E-state index contributed by atoms with van der Waals surface area (Å²) in [4.78, 5) is 8.89. The number of hydrogen-bond donors (Lipinski definition) is 2. The Morgan fingerprint density at radius 1 is 1.37 bits per heavy atom. The number of H-pyrrole nitrogens is 1. The summed E-state index contributed by atoms with van der Waals surface area (Å²) < 4.78 is 2.79. The summed E-state index contributed by atoms with van der Waals surface area (Å²) in [6.07, 6.45) is 6.43. The number of hydrogen-bond acceptors (Lipinski definition) is 5. The largest absolute Gasteiger partial charge is 0.354 e. The summed E-state index contributed by atoms with van der Waals surface area (Å²) in [5, 5.41) is 15.2. The minimum atomic E-state index is 0.583. The van der Waals surface area contributed by atoms with Crippen LogP contribution in [0.3, 0.4) is 0 Å². The highest BCUT2D eigenvalue weighted by molar-refractivity contribution is 14.1. The molecule has 19 heavy (non-hydrogen) atoms. The number of fused-ring (bicyclic) bond motifs is 1. The zero-order valence-corrected chi connectivity index (χ0v) is 12.4. The van der Waals surface area contributed by atoms with Gasteiger partial charge in [-0.2, -0.15) is 20.2 Å². The molecule has 0 unspecified atom stereocenters. The van der Waals surface area contributed by atoms with Crippen molar-refractivity contribution in [3.63, 3.8) is 0 Å². The molecule has 0 aliphatic heterocycles. The average molecular weight is 369 g/mol. The van der Waals surface area contributed by atoms with Crippen LogP contribution in [-0.4, -0.2) is 36.5 Å². The number of rotatable bonds is 4. The second-order valence-electron chi connectivity index (χ2n) is 4.03. The van der Waals surface area contributed by atoms with E-state index in [4.69, 9.17) is 0 Å². The molecule has 0 saturated carbocycles. The van der Waals surface area contributed by atoms with E-state index in [-0.39, 0.29) is 0 Å². The van der Waals surface area contributed by atoms with Crippen molar-refractivity contribution in [3.05, 3.63) is 22.2 Å². The van der Waals surface area contributed by atoms with E-state index in [1.807, 2.05) is 6.20 Å². The maximum Gasteiger partial charge on any atom is 0.226 e. The first-order valence-corrected chi connectivity index (χ1v) is 7.01. The Labute approximate surface area is 123 Å². The second kappa shape index (κ2) is 5.11. The van der Waals surface area contributed by atoms with Gasteiger partial charge >= 0.3 is 0 Å². The van der Waals surface area contributed by atoms with Crippen LogP contribution in [-0.2, 0) is 0 Å². The van der Waals surface area contributed by atoms with Crippen molar-refractivity contribution < 1.29 is 0 Å². The van der Waals surface area contributed by atoms with Crippen LogP contribution in [0.2, 0.25) is 0 Å². The first-order chi connectivity index (χ1) is 9.28. The number of nitrogens with one attached hydrogen (secondary N) is 2. The topological polar surface area (TPSA) is 84.3 Å². The number of aromatic amines is 1. The summed E-state index contributed by atoms with van der Waals surface area (Å²) in [6.45, 7) is 2.92. The van der Waals surface area contributed by atoms with E-state index < -0.39 is 0 Å². The molecule has 2 N–H and O–H groups in total. The molecule has 8 heteroatoms. The van der Waals surface area contributed by atoms with E-state index in [0.717, 1.165) is 27.7 Å². The highest BCUT2D eigenvalue weighted by Crippen LogP contribution is 2.19. The molecule has 3 heterocycles. The van der Waals surface area contributed by atoms with Crippen molar-refractivity contribution in [3.8, 4) is 5.82 Å². The Balaban J connectivity index is 2.12. The summed E-state index contributed by atoms with van der Waals surface area (Å²) in [5.74, 6) is 1.30. The first kappa shape index (κ1) is 12.3. The van der Waals surface area contributed by atoms with Crippen molar-refractivity contribution in [1.82, 2.24) is 29.9 Å². The van der Waals surface area contributed by atoms with Crippen molar-refractivity contribution in [2.24, 2.45) is 0 Å². The molecule has 0 atom stereocenters. The average Bonchev–Trinajstić information content (AvgIpc) is 3.03. The molecule has 0 aliphatic carbocycles. The van der Waals surface area contributed by atoms with Crippen LogP contribution in [0, 0.1) is 3.57 Å². The third-order valence-electron chi connectivity index (χ3n) is 2.59. The highest BCUT2D eigenvalue weighted by atomic mass is 127. The van der Waals surface area contributed by atoms with Crippen LogP contribution < -0.4 is 5.32 Å². The number of anilines is 1. The van der Waals surface area contributed by atoms with Crippen LogP contribution in [0.25, 0.3) is 16.9 Å². The van der Waals surface area contributed by atoms with Gasteiger partial charge in [-0.3, -0.25) is 5.10 Å². The van der Waals surface area contributed by atoms with Crippen LogP contribution in [0.15, 0.2) is 18.6 Å². The standard InChI is InChI=1S/C11H12IN7/c1-2-3-13-11-16-9-8(5-14-18-9)10(17-11)19-6-7(12)4-15-19/h4-6H,2-3H2,1H3,(H2,13,14,16,17,18). The normalized spacial score (nSPS) is 11.1. The second-order valence-corrected chi connectivity index (χ2v) is 5.28. The fourth-order valence-corrected chi connectivity index (χ4v) is 2.12. The van der Waals surface area contributed by atoms with Gasteiger partial charge in [-0.05, 0) is 29.0 Å². The van der Waals surface area contributed by atoms with Gasteiger partial charge in [0.25, 0.3) is 0 Å². The number of aromatic nitrogens is 6. The molecular weight excluding hydrogens is 357 g/mol. The summed E-state index contributed by atoms with van der Waals surface area (Å²) in [7, 11) is 0. The van der Waals surface area contributed by atoms with Gasteiger partial charge in [0.05, 0.1) is 21.4 Å². The fourth-order valence-electron chi connectivity index (χ4n) is 1.73. The van der Waals surface area contributed by atoms with E-state index in [2.05, 4.69) is 60.1 Å². The Morgan fingerprint density at radius 2 is 2.26 bits per heavy atom. The summed E-state index contributed by atoms with van der Waals surface area (Å²) >= 11 is 2.22. The quantitative estimate of drug-likeness (QED) is 0.687. The van der Waals surface area contributed by atoms with Gasteiger partial charge in [-0.25, -0.2) is 4.68 Å². The summed E-state index contributed by atoms with van der Waals surface area (Å²) in [5.41, 5.74) is 0.703. The molecule has 3 aromatic heterocycles. The van der Waals surface area contributed by atoms with E-state index in [0.29, 0.717) is 11.6 Å². The molecule has 0 fully saturated rings. The maximum atomic E-state index is 4.51. The molecule has 7 nitrogen and oxygen atoms in total. The lowest BCUT2D eigenvalue weighted by Crippen LogP contribution is -2.08. The molecule has 0 bridgehead atoms. The maximum absolute atomic E-state index is 4.51. The Kier molecular flexibility index (Phi) is 3.32. The van der Waals surface area contributed by atoms with Crippen molar-refractivity contribution in [2.45, 2.75) is 13.3 Å². The minimum absolute atomic E-state index is 0.583. The number of halogens is 1. The SMILES string of the molecule is CCCNc1nc(-n2cc(I)cn2)c2cn[nH]c2n1. The van der Waals surface area contributed by atoms with E-state index in [9.17, 15) is 0 Å². The van der Waals surface area contributed by atoms with E-state index in [1.54, 1.807) is 17.1 Å².